The molecule has 0 spiro atoms. The molecule has 0 aliphatic carbocycles. The van der Waals surface area contributed by atoms with Crippen molar-refractivity contribution < 1.29 is 5.11 Å². The van der Waals surface area contributed by atoms with Gasteiger partial charge in [-0.05, 0) is 12.1 Å². The predicted octanol–water partition coefficient (Wildman–Crippen LogP) is 0.956. The van der Waals surface area contributed by atoms with Crippen molar-refractivity contribution in [2.45, 2.75) is 4.90 Å². The number of rotatable bonds is 3. The van der Waals surface area contributed by atoms with E-state index in [2.05, 4.69) is 0 Å². The number of thioether (sulfide) groups is 1. The van der Waals surface area contributed by atoms with Crippen LogP contribution in [-0.4, -0.2) is 12.4 Å². The Morgan fingerprint density at radius 3 is 2.15 bits per heavy atom. The monoisotopic (exact) mass is 198 g/mol. The molecule has 0 aliphatic heterocycles. The minimum absolute atomic E-state index is 0.145. The van der Waals surface area contributed by atoms with Crippen molar-refractivity contribution in [2.24, 2.45) is 0 Å². The molecule has 0 bridgehead atoms. The highest BCUT2D eigenvalue weighted by atomic mass is 32.2. The van der Waals surface area contributed by atoms with Crippen molar-refractivity contribution >= 4 is 28.8 Å². The van der Waals surface area contributed by atoms with E-state index in [-0.39, 0.29) is 6.61 Å². The highest BCUT2D eigenvalue weighted by Gasteiger charge is 2.05. The van der Waals surface area contributed by atoms with Gasteiger partial charge in [0.05, 0.1) is 11.5 Å². The Kier molecular flexibility index (Phi) is 3.27. The average Bonchev–Trinajstić information content (AvgIpc) is 2.02. The van der Waals surface area contributed by atoms with E-state index in [0.29, 0.717) is 22.8 Å². The van der Waals surface area contributed by atoms with Crippen LogP contribution in [0.4, 0.5) is 17.1 Å². The molecule has 0 aromatic heterocycles. The Morgan fingerprint density at radius 2 is 1.69 bits per heavy atom. The van der Waals surface area contributed by atoms with Crippen LogP contribution in [0.1, 0.15) is 0 Å². The van der Waals surface area contributed by atoms with Crippen LogP contribution in [0, 0.1) is 0 Å². The predicted molar refractivity (Wildman–Crippen MR) is 56.0 cm³/mol. The van der Waals surface area contributed by atoms with Gasteiger partial charge in [-0.15, -0.1) is 11.8 Å². The van der Waals surface area contributed by atoms with Gasteiger partial charge in [0.1, 0.15) is 0 Å². The summed E-state index contributed by atoms with van der Waals surface area (Å²) in [6, 6.07) is 3.28. The minimum atomic E-state index is -0.145. The normalized spacial score (nSPS) is 10.2. The van der Waals surface area contributed by atoms with Crippen molar-refractivity contribution in [3.8, 4) is 0 Å². The molecule has 0 unspecified atom stereocenters. The molecule has 6 N–H and O–H groups in total. The maximum Gasteiger partial charge on any atom is 0.0916 e. The van der Waals surface area contributed by atoms with E-state index in [1.807, 2.05) is 0 Å². The molecule has 0 fully saturated rings. The van der Waals surface area contributed by atoms with E-state index in [1.165, 1.54) is 11.8 Å². The minimum Gasteiger partial charge on any atom is -0.399 e. The number of nitrogen functional groups attached to an aromatic ring is 3. The third-order valence-corrected chi connectivity index (χ3v) is 2.63. The highest BCUT2D eigenvalue weighted by molar-refractivity contribution is 7.99. The largest absolute Gasteiger partial charge is 0.399 e. The lowest BCUT2D eigenvalue weighted by molar-refractivity contribution is 0.215. The zero-order chi connectivity index (χ0) is 9.84. The van der Waals surface area contributed by atoms with Crippen LogP contribution >= 0.6 is 11.8 Å². The third-order valence-electron chi connectivity index (χ3n) is 1.50. The van der Waals surface area contributed by atoms with Crippen molar-refractivity contribution in [1.82, 2.24) is 0 Å². The van der Waals surface area contributed by atoms with E-state index >= 15 is 0 Å². The summed E-state index contributed by atoms with van der Waals surface area (Å²) < 4.78 is 0. The quantitative estimate of drug-likeness (QED) is 0.497. The molecular formula is C8H12N3OS. The van der Waals surface area contributed by atoms with E-state index in [4.69, 9.17) is 17.2 Å². The first-order valence-electron chi connectivity index (χ1n) is 3.80. The van der Waals surface area contributed by atoms with Crippen LogP contribution in [0.25, 0.3) is 0 Å². The van der Waals surface area contributed by atoms with Crippen molar-refractivity contribution in [3.63, 3.8) is 0 Å². The molecule has 0 amide bonds. The fourth-order valence-electron chi connectivity index (χ4n) is 1.01. The summed E-state index contributed by atoms with van der Waals surface area (Å²) in [7, 11) is 0. The smallest absolute Gasteiger partial charge is 0.0916 e. The van der Waals surface area contributed by atoms with Gasteiger partial charge in [0.2, 0.25) is 0 Å². The van der Waals surface area contributed by atoms with Gasteiger partial charge in [-0.3, -0.25) is 0 Å². The first-order chi connectivity index (χ1) is 6.15. The van der Waals surface area contributed by atoms with Crippen molar-refractivity contribution in [1.29, 1.82) is 0 Å². The lowest BCUT2D eigenvalue weighted by atomic mass is 10.2. The molecule has 1 aromatic rings. The van der Waals surface area contributed by atoms with Gasteiger partial charge in [-0.1, -0.05) is 0 Å². The first kappa shape index (κ1) is 10.0. The second-order valence-corrected chi connectivity index (χ2v) is 3.69. The molecule has 0 aliphatic rings. The molecule has 0 saturated heterocycles. The molecule has 1 rings (SSSR count). The molecule has 4 nitrogen and oxygen atoms in total. The Morgan fingerprint density at radius 1 is 1.15 bits per heavy atom. The molecule has 71 valence electrons. The van der Waals surface area contributed by atoms with Gasteiger partial charge in [-0.2, -0.15) is 0 Å². The summed E-state index contributed by atoms with van der Waals surface area (Å²) in [5, 5.41) is 10.3. The maximum atomic E-state index is 10.3. The number of hydrogen-bond acceptors (Lipinski definition) is 4. The molecule has 1 radical (unpaired) electrons. The number of hydrogen-bond donors (Lipinski definition) is 3. The SMILES string of the molecule is Nc1cc(N)c(SCC[O])c(N)c1. The maximum absolute atomic E-state index is 10.3. The van der Waals surface area contributed by atoms with Crippen molar-refractivity contribution in [2.75, 3.05) is 29.6 Å². The van der Waals surface area contributed by atoms with Gasteiger partial charge < -0.3 is 17.2 Å². The van der Waals surface area contributed by atoms with Gasteiger partial charge >= 0.3 is 0 Å². The summed E-state index contributed by atoms with van der Waals surface area (Å²) in [4.78, 5) is 0.755. The number of benzene rings is 1. The molecule has 0 atom stereocenters. The second-order valence-electron chi connectivity index (χ2n) is 2.58. The van der Waals surface area contributed by atoms with Crippen LogP contribution in [0.15, 0.2) is 17.0 Å². The highest BCUT2D eigenvalue weighted by Crippen LogP contribution is 2.32. The zero-order valence-electron chi connectivity index (χ0n) is 7.12. The molecular weight excluding hydrogens is 186 g/mol. The van der Waals surface area contributed by atoms with Crippen LogP contribution in [0.2, 0.25) is 0 Å². The van der Waals surface area contributed by atoms with Crippen LogP contribution < -0.4 is 17.2 Å². The second kappa shape index (κ2) is 4.25. The first-order valence-corrected chi connectivity index (χ1v) is 4.79. The van der Waals surface area contributed by atoms with E-state index < -0.39 is 0 Å². The van der Waals surface area contributed by atoms with Gasteiger partial charge in [0.15, 0.2) is 0 Å². The molecule has 1 aromatic carbocycles. The Labute approximate surface area is 81.1 Å². The summed E-state index contributed by atoms with van der Waals surface area (Å²) >= 11 is 1.36. The summed E-state index contributed by atoms with van der Waals surface area (Å²) in [5.74, 6) is 0.471. The average molecular weight is 198 g/mol. The van der Waals surface area contributed by atoms with Crippen LogP contribution in [0.3, 0.4) is 0 Å². The van der Waals surface area contributed by atoms with Gasteiger partial charge in [-0.25, -0.2) is 5.11 Å². The van der Waals surface area contributed by atoms with Crippen molar-refractivity contribution in [3.05, 3.63) is 12.1 Å². The number of nitrogens with two attached hydrogens (primary N) is 3. The Balaban J connectivity index is 2.92. The zero-order valence-corrected chi connectivity index (χ0v) is 7.93. The Bertz CT molecular complexity index is 280. The standard InChI is InChI=1S/C8H12N3OS/c9-5-3-6(10)8(7(11)4-5)13-2-1-12/h3-4H,1-2,9-11H2. The third kappa shape index (κ3) is 2.43. The molecule has 0 saturated carbocycles. The van der Waals surface area contributed by atoms with Gasteiger partial charge in [0.25, 0.3) is 0 Å². The fraction of sp³-hybridized carbons (Fsp3) is 0.250. The van der Waals surface area contributed by atoms with E-state index in [9.17, 15) is 5.11 Å². The lowest BCUT2D eigenvalue weighted by Gasteiger charge is -2.08. The lowest BCUT2D eigenvalue weighted by Crippen LogP contribution is -1.99. The topological polar surface area (TPSA) is 98.0 Å². The summed E-state index contributed by atoms with van der Waals surface area (Å²) in [5.41, 5.74) is 18.5. The summed E-state index contributed by atoms with van der Waals surface area (Å²) in [6.45, 7) is -0.145. The van der Waals surface area contributed by atoms with Crippen LogP contribution in [-0.2, 0) is 5.11 Å². The van der Waals surface area contributed by atoms with E-state index in [1.54, 1.807) is 12.1 Å². The summed E-state index contributed by atoms with van der Waals surface area (Å²) in [6.07, 6.45) is 0. The molecule has 13 heavy (non-hydrogen) atoms. The molecule has 5 heteroatoms. The van der Waals surface area contributed by atoms with Crippen LogP contribution in [0.5, 0.6) is 0 Å². The van der Waals surface area contributed by atoms with E-state index in [0.717, 1.165) is 4.90 Å². The van der Waals surface area contributed by atoms with Gasteiger partial charge in [0, 0.05) is 22.8 Å². The number of anilines is 3. The Hall–Kier alpha value is -1.07. The fourth-order valence-corrected chi connectivity index (χ4v) is 1.75. The molecule has 0 heterocycles.